The van der Waals surface area contributed by atoms with Crippen LogP contribution in [0.25, 0.3) is 10.9 Å². The maximum Gasteiger partial charge on any atom is 0.323 e. The first-order valence-corrected chi connectivity index (χ1v) is 4.90. The highest BCUT2D eigenvalue weighted by Crippen LogP contribution is 2.19. The minimum Gasteiger partial charge on any atom is -0.480 e. The molecule has 5 heteroatoms. The van der Waals surface area contributed by atoms with Crippen molar-refractivity contribution in [1.29, 1.82) is 0 Å². The molecule has 0 spiro atoms. The Bertz CT molecular complexity index is 474. The Morgan fingerprint density at radius 3 is 2.94 bits per heavy atom. The van der Waals surface area contributed by atoms with Gasteiger partial charge < -0.3 is 14.9 Å². The van der Waals surface area contributed by atoms with E-state index in [1.54, 1.807) is 6.07 Å². The van der Waals surface area contributed by atoms with Gasteiger partial charge in [0.1, 0.15) is 6.04 Å². The number of aliphatic carboxylic acids is 1. The van der Waals surface area contributed by atoms with Crippen LogP contribution in [0.2, 0.25) is 0 Å². The van der Waals surface area contributed by atoms with Gasteiger partial charge in [-0.15, -0.1) is 5.48 Å². The van der Waals surface area contributed by atoms with Gasteiger partial charge in [0, 0.05) is 17.0 Å². The molecule has 0 bridgehead atoms. The normalized spacial score (nSPS) is 12.6. The number of aromatic amines is 1. The third-order valence-corrected chi connectivity index (χ3v) is 2.22. The van der Waals surface area contributed by atoms with E-state index in [2.05, 4.69) is 10.5 Å². The predicted molar refractivity (Wildman–Crippen MR) is 59.2 cm³/mol. The fraction of sp³-hybridized carbons (Fsp3) is 0.182. The molecule has 5 nitrogen and oxygen atoms in total. The van der Waals surface area contributed by atoms with Gasteiger partial charge in [0.15, 0.2) is 0 Å². The second kappa shape index (κ2) is 4.24. The summed E-state index contributed by atoms with van der Waals surface area (Å²) in [6.45, 7) is 1.50. The number of benzene rings is 1. The van der Waals surface area contributed by atoms with Crippen molar-refractivity contribution < 1.29 is 14.7 Å². The number of para-hydroxylation sites is 1. The second-order valence-electron chi connectivity index (χ2n) is 3.50. The van der Waals surface area contributed by atoms with E-state index in [0.717, 1.165) is 10.9 Å². The first-order chi connectivity index (χ1) is 7.66. The summed E-state index contributed by atoms with van der Waals surface area (Å²) in [5.41, 5.74) is 3.38. The Balaban J connectivity index is 2.07. The molecule has 2 aromatic rings. The highest BCUT2D eigenvalue weighted by Gasteiger charge is 2.11. The van der Waals surface area contributed by atoms with Crippen LogP contribution in [0.15, 0.2) is 30.3 Å². The molecule has 0 unspecified atom stereocenters. The molecule has 16 heavy (non-hydrogen) atoms. The molecule has 0 amide bonds. The standard InChI is InChI=1S/C11H12N2O3/c1-7(11(14)15)13-16-10-6-8-4-2-3-5-9(8)12-10/h2-7,12-13H,1H3,(H,14,15)/t7-/m1/s1. The number of H-pyrrole nitrogens is 1. The maximum atomic E-state index is 10.5. The fourth-order valence-corrected chi connectivity index (χ4v) is 1.30. The smallest absolute Gasteiger partial charge is 0.323 e. The zero-order chi connectivity index (χ0) is 11.5. The van der Waals surface area contributed by atoms with E-state index in [4.69, 9.17) is 9.94 Å². The van der Waals surface area contributed by atoms with Gasteiger partial charge in [-0.2, -0.15) is 0 Å². The number of hydrogen-bond acceptors (Lipinski definition) is 3. The van der Waals surface area contributed by atoms with Gasteiger partial charge in [0.05, 0.1) is 0 Å². The van der Waals surface area contributed by atoms with E-state index < -0.39 is 12.0 Å². The van der Waals surface area contributed by atoms with Crippen LogP contribution in [-0.2, 0) is 4.79 Å². The first kappa shape index (κ1) is 10.5. The van der Waals surface area contributed by atoms with Crippen molar-refractivity contribution in [3.8, 4) is 5.88 Å². The average molecular weight is 220 g/mol. The maximum absolute atomic E-state index is 10.5. The van der Waals surface area contributed by atoms with Crippen LogP contribution in [0.3, 0.4) is 0 Å². The van der Waals surface area contributed by atoms with Crippen molar-refractivity contribution in [3.63, 3.8) is 0 Å². The summed E-state index contributed by atoms with van der Waals surface area (Å²) in [5.74, 6) is -0.467. The average Bonchev–Trinajstić information content (AvgIpc) is 2.68. The molecule has 1 aromatic heterocycles. The first-order valence-electron chi connectivity index (χ1n) is 4.90. The van der Waals surface area contributed by atoms with Crippen molar-refractivity contribution in [3.05, 3.63) is 30.3 Å². The lowest BCUT2D eigenvalue weighted by atomic mass is 10.3. The third kappa shape index (κ3) is 2.14. The summed E-state index contributed by atoms with van der Waals surface area (Å²) < 4.78 is 0. The molecular weight excluding hydrogens is 208 g/mol. The highest BCUT2D eigenvalue weighted by atomic mass is 16.7. The number of nitrogens with one attached hydrogen (secondary N) is 2. The molecule has 1 atom stereocenters. The molecule has 84 valence electrons. The largest absolute Gasteiger partial charge is 0.480 e. The topological polar surface area (TPSA) is 74.3 Å². The number of carbonyl (C=O) groups is 1. The highest BCUT2D eigenvalue weighted by molar-refractivity contribution is 5.81. The van der Waals surface area contributed by atoms with Crippen LogP contribution < -0.4 is 10.3 Å². The van der Waals surface area contributed by atoms with Gasteiger partial charge in [0.2, 0.25) is 5.88 Å². The second-order valence-corrected chi connectivity index (χ2v) is 3.50. The Kier molecular flexibility index (Phi) is 2.78. The predicted octanol–water partition coefficient (Wildman–Crippen LogP) is 1.52. The lowest BCUT2D eigenvalue weighted by molar-refractivity contribution is -0.141. The quantitative estimate of drug-likeness (QED) is 0.683. The summed E-state index contributed by atoms with van der Waals surface area (Å²) in [5, 5.41) is 9.66. The number of carboxylic acid groups (broad SMARTS) is 1. The summed E-state index contributed by atoms with van der Waals surface area (Å²) in [4.78, 5) is 18.7. The molecule has 2 rings (SSSR count). The summed E-state index contributed by atoms with van der Waals surface area (Å²) >= 11 is 0. The van der Waals surface area contributed by atoms with Crippen molar-refractivity contribution in [2.24, 2.45) is 0 Å². The van der Waals surface area contributed by atoms with Gasteiger partial charge in [-0.3, -0.25) is 4.79 Å². The van der Waals surface area contributed by atoms with Crippen LogP contribution in [0.5, 0.6) is 5.88 Å². The van der Waals surface area contributed by atoms with E-state index in [1.165, 1.54) is 6.92 Å². The molecule has 1 aromatic carbocycles. The van der Waals surface area contributed by atoms with Crippen LogP contribution >= 0.6 is 0 Å². The number of rotatable bonds is 4. The lowest BCUT2D eigenvalue weighted by Gasteiger charge is -2.08. The molecule has 0 radical (unpaired) electrons. The van der Waals surface area contributed by atoms with E-state index in [9.17, 15) is 4.79 Å². The van der Waals surface area contributed by atoms with Crippen molar-refractivity contribution in [2.45, 2.75) is 13.0 Å². The van der Waals surface area contributed by atoms with Gasteiger partial charge in [-0.1, -0.05) is 18.2 Å². The van der Waals surface area contributed by atoms with Crippen molar-refractivity contribution >= 4 is 16.9 Å². The molecule has 0 aliphatic rings. The Labute approximate surface area is 92.0 Å². The molecular formula is C11H12N2O3. The third-order valence-electron chi connectivity index (χ3n) is 2.22. The van der Waals surface area contributed by atoms with Crippen LogP contribution in [0.4, 0.5) is 0 Å². The van der Waals surface area contributed by atoms with Crippen LogP contribution in [-0.4, -0.2) is 22.1 Å². The number of aromatic nitrogens is 1. The van der Waals surface area contributed by atoms with Gasteiger partial charge in [-0.05, 0) is 13.0 Å². The van der Waals surface area contributed by atoms with Crippen LogP contribution in [0, 0.1) is 0 Å². The Hall–Kier alpha value is -2.01. The van der Waals surface area contributed by atoms with E-state index in [0.29, 0.717) is 5.88 Å². The monoisotopic (exact) mass is 220 g/mol. The molecule has 0 saturated heterocycles. The zero-order valence-electron chi connectivity index (χ0n) is 8.73. The van der Waals surface area contributed by atoms with Gasteiger partial charge in [-0.25, -0.2) is 0 Å². The molecule has 1 heterocycles. The van der Waals surface area contributed by atoms with Gasteiger partial charge >= 0.3 is 5.97 Å². The minimum absolute atomic E-state index is 0.495. The molecule has 0 aliphatic carbocycles. The lowest BCUT2D eigenvalue weighted by Crippen LogP contribution is -2.36. The molecule has 3 N–H and O–H groups in total. The Morgan fingerprint density at radius 1 is 1.50 bits per heavy atom. The summed E-state index contributed by atoms with van der Waals surface area (Å²) in [6.07, 6.45) is 0. The van der Waals surface area contributed by atoms with E-state index >= 15 is 0 Å². The van der Waals surface area contributed by atoms with E-state index in [1.807, 2.05) is 24.3 Å². The summed E-state index contributed by atoms with van der Waals surface area (Å²) in [7, 11) is 0. The van der Waals surface area contributed by atoms with Crippen LogP contribution in [0.1, 0.15) is 6.92 Å². The van der Waals surface area contributed by atoms with Gasteiger partial charge in [0.25, 0.3) is 0 Å². The SMILES string of the molecule is C[C@@H](NOc1cc2ccccc2[nH]1)C(=O)O. The molecule has 0 fully saturated rings. The van der Waals surface area contributed by atoms with E-state index in [-0.39, 0.29) is 0 Å². The number of carboxylic acids is 1. The zero-order valence-corrected chi connectivity index (χ0v) is 8.73. The summed E-state index contributed by atoms with van der Waals surface area (Å²) in [6, 6.07) is 8.74. The van der Waals surface area contributed by atoms with Crippen molar-refractivity contribution in [2.75, 3.05) is 0 Å². The molecule has 0 aliphatic heterocycles. The fourth-order valence-electron chi connectivity index (χ4n) is 1.30. The number of hydrogen-bond donors (Lipinski definition) is 3. The Morgan fingerprint density at radius 2 is 2.25 bits per heavy atom. The number of hydroxylamine groups is 1. The number of fused-ring (bicyclic) bond motifs is 1. The minimum atomic E-state index is -0.962. The molecule has 0 saturated carbocycles. The van der Waals surface area contributed by atoms with Crippen molar-refractivity contribution in [1.82, 2.24) is 10.5 Å².